The molecule has 0 saturated heterocycles. The second kappa shape index (κ2) is 6.93. The van der Waals surface area contributed by atoms with Gasteiger partial charge in [-0.15, -0.1) is 0 Å². The maximum Gasteiger partial charge on any atom is 0.416 e. The van der Waals surface area contributed by atoms with Gasteiger partial charge in [0.1, 0.15) is 6.04 Å². The molecule has 2 unspecified atom stereocenters. The van der Waals surface area contributed by atoms with E-state index in [-0.39, 0.29) is 5.92 Å². The average Bonchev–Trinajstić information content (AvgIpc) is 2.36. The molecule has 0 bridgehead atoms. The summed E-state index contributed by atoms with van der Waals surface area (Å²) in [5.74, 6) is -0.824. The van der Waals surface area contributed by atoms with E-state index in [2.05, 4.69) is 5.32 Å². The SMILES string of the molecule is CC(C)CC(NC(C)c1cccc(C(F)(F)F)c1)C(=O)O. The van der Waals surface area contributed by atoms with Crippen molar-refractivity contribution in [1.29, 1.82) is 0 Å². The first-order valence-corrected chi connectivity index (χ1v) is 6.77. The van der Waals surface area contributed by atoms with Gasteiger partial charge in [0.2, 0.25) is 0 Å². The Balaban J connectivity index is 2.87. The number of hydrogen-bond donors (Lipinski definition) is 2. The van der Waals surface area contributed by atoms with Crippen LogP contribution in [0.15, 0.2) is 24.3 Å². The summed E-state index contributed by atoms with van der Waals surface area (Å²) in [5, 5.41) is 12.0. The van der Waals surface area contributed by atoms with Crippen LogP contribution in [0, 0.1) is 5.92 Å². The molecule has 6 heteroatoms. The minimum Gasteiger partial charge on any atom is -0.480 e. The van der Waals surface area contributed by atoms with Crippen LogP contribution in [-0.4, -0.2) is 17.1 Å². The molecule has 0 amide bonds. The highest BCUT2D eigenvalue weighted by Gasteiger charge is 2.31. The minimum absolute atomic E-state index is 0.173. The predicted molar refractivity (Wildman–Crippen MR) is 73.9 cm³/mol. The molecule has 0 heterocycles. The summed E-state index contributed by atoms with van der Waals surface area (Å²) in [6.45, 7) is 5.45. The fourth-order valence-corrected chi connectivity index (χ4v) is 2.09. The van der Waals surface area contributed by atoms with Crippen molar-refractivity contribution >= 4 is 5.97 Å². The van der Waals surface area contributed by atoms with E-state index >= 15 is 0 Å². The van der Waals surface area contributed by atoms with Crippen LogP contribution in [0.4, 0.5) is 13.2 Å². The number of alkyl halides is 3. The second-order valence-corrected chi connectivity index (χ2v) is 5.53. The Kier molecular flexibility index (Phi) is 5.78. The number of benzene rings is 1. The number of carboxylic acids is 1. The molecular formula is C15H20F3NO2. The molecule has 0 aromatic heterocycles. The summed E-state index contributed by atoms with van der Waals surface area (Å²) in [6.07, 6.45) is -3.99. The summed E-state index contributed by atoms with van der Waals surface area (Å²) >= 11 is 0. The predicted octanol–water partition coefficient (Wildman–Crippen LogP) is 3.86. The van der Waals surface area contributed by atoms with Crippen LogP contribution in [0.25, 0.3) is 0 Å². The Bertz CT molecular complexity index is 486. The van der Waals surface area contributed by atoms with Crippen molar-refractivity contribution in [2.45, 2.75) is 45.5 Å². The van der Waals surface area contributed by atoms with E-state index in [1.807, 2.05) is 13.8 Å². The fourth-order valence-electron chi connectivity index (χ4n) is 2.09. The number of carbonyl (C=O) groups is 1. The van der Waals surface area contributed by atoms with Crippen LogP contribution in [0.2, 0.25) is 0 Å². The van der Waals surface area contributed by atoms with Crippen molar-refractivity contribution in [3.05, 3.63) is 35.4 Å². The molecule has 0 fully saturated rings. The van der Waals surface area contributed by atoms with Gasteiger partial charge in [-0.1, -0.05) is 26.0 Å². The van der Waals surface area contributed by atoms with E-state index in [0.717, 1.165) is 12.1 Å². The molecule has 0 aliphatic rings. The minimum atomic E-state index is -4.40. The van der Waals surface area contributed by atoms with Crippen LogP contribution in [0.3, 0.4) is 0 Å². The first-order valence-electron chi connectivity index (χ1n) is 6.77. The highest BCUT2D eigenvalue weighted by molar-refractivity contribution is 5.73. The van der Waals surface area contributed by atoms with Crippen molar-refractivity contribution < 1.29 is 23.1 Å². The third kappa shape index (κ3) is 5.38. The molecule has 1 aromatic carbocycles. The lowest BCUT2D eigenvalue weighted by atomic mass is 10.0. The normalized spacial score (nSPS) is 15.0. The molecule has 0 aliphatic carbocycles. The van der Waals surface area contributed by atoms with Gasteiger partial charge in [0.15, 0.2) is 0 Å². The molecule has 0 aliphatic heterocycles. The van der Waals surface area contributed by atoms with Crippen molar-refractivity contribution in [1.82, 2.24) is 5.32 Å². The van der Waals surface area contributed by atoms with Crippen molar-refractivity contribution in [3.63, 3.8) is 0 Å². The van der Waals surface area contributed by atoms with E-state index in [0.29, 0.717) is 12.0 Å². The van der Waals surface area contributed by atoms with Crippen molar-refractivity contribution in [3.8, 4) is 0 Å². The van der Waals surface area contributed by atoms with Gasteiger partial charge in [-0.2, -0.15) is 13.2 Å². The van der Waals surface area contributed by atoms with Crippen LogP contribution < -0.4 is 5.32 Å². The lowest BCUT2D eigenvalue weighted by Crippen LogP contribution is -2.39. The van der Waals surface area contributed by atoms with E-state index in [1.165, 1.54) is 6.07 Å². The molecular weight excluding hydrogens is 283 g/mol. The second-order valence-electron chi connectivity index (χ2n) is 5.53. The zero-order valence-electron chi connectivity index (χ0n) is 12.2. The van der Waals surface area contributed by atoms with Crippen LogP contribution in [0.5, 0.6) is 0 Å². The molecule has 1 rings (SSSR count). The number of carboxylic acid groups (broad SMARTS) is 1. The maximum absolute atomic E-state index is 12.7. The smallest absolute Gasteiger partial charge is 0.416 e. The van der Waals surface area contributed by atoms with Gasteiger partial charge < -0.3 is 5.11 Å². The number of nitrogens with one attached hydrogen (secondary N) is 1. The Hall–Kier alpha value is -1.56. The van der Waals surface area contributed by atoms with Gasteiger partial charge >= 0.3 is 12.1 Å². The molecule has 0 spiro atoms. The topological polar surface area (TPSA) is 49.3 Å². The molecule has 2 N–H and O–H groups in total. The van der Waals surface area contributed by atoms with E-state index in [4.69, 9.17) is 5.11 Å². The molecule has 1 aromatic rings. The molecule has 0 saturated carbocycles. The maximum atomic E-state index is 12.7. The quantitative estimate of drug-likeness (QED) is 0.839. The van der Waals surface area contributed by atoms with E-state index < -0.39 is 29.8 Å². The van der Waals surface area contributed by atoms with E-state index in [9.17, 15) is 18.0 Å². The third-order valence-corrected chi connectivity index (χ3v) is 3.17. The summed E-state index contributed by atoms with van der Waals surface area (Å²) in [4.78, 5) is 11.2. The first-order chi connectivity index (χ1) is 9.61. The Morgan fingerprint density at radius 1 is 1.29 bits per heavy atom. The van der Waals surface area contributed by atoms with E-state index in [1.54, 1.807) is 13.0 Å². The zero-order valence-corrected chi connectivity index (χ0v) is 12.2. The lowest BCUT2D eigenvalue weighted by Gasteiger charge is -2.22. The van der Waals surface area contributed by atoms with Gasteiger partial charge in [-0.25, -0.2) is 0 Å². The highest BCUT2D eigenvalue weighted by Crippen LogP contribution is 2.30. The summed E-state index contributed by atoms with van der Waals surface area (Å²) < 4.78 is 38.0. The summed E-state index contributed by atoms with van der Waals surface area (Å²) in [7, 11) is 0. The van der Waals surface area contributed by atoms with Gasteiger partial charge in [0.25, 0.3) is 0 Å². The van der Waals surface area contributed by atoms with Crippen LogP contribution in [0.1, 0.15) is 44.4 Å². The van der Waals surface area contributed by atoms with Crippen LogP contribution >= 0.6 is 0 Å². The molecule has 2 atom stereocenters. The number of halogens is 3. The number of rotatable bonds is 6. The third-order valence-electron chi connectivity index (χ3n) is 3.17. The summed E-state index contributed by atoms with van der Waals surface area (Å²) in [5.41, 5.74) is -0.316. The van der Waals surface area contributed by atoms with Crippen molar-refractivity contribution in [2.24, 2.45) is 5.92 Å². The van der Waals surface area contributed by atoms with Gasteiger partial charge in [0, 0.05) is 6.04 Å². The van der Waals surface area contributed by atoms with Crippen LogP contribution in [-0.2, 0) is 11.0 Å². The molecule has 3 nitrogen and oxygen atoms in total. The largest absolute Gasteiger partial charge is 0.480 e. The number of hydrogen-bond acceptors (Lipinski definition) is 2. The first kappa shape index (κ1) is 17.5. The Morgan fingerprint density at radius 3 is 2.38 bits per heavy atom. The lowest BCUT2D eigenvalue weighted by molar-refractivity contribution is -0.140. The van der Waals surface area contributed by atoms with Gasteiger partial charge in [-0.3, -0.25) is 10.1 Å². The summed E-state index contributed by atoms with van der Waals surface area (Å²) in [6, 6.07) is 3.67. The fraction of sp³-hybridized carbons (Fsp3) is 0.533. The number of aliphatic carboxylic acids is 1. The zero-order chi connectivity index (χ0) is 16.2. The molecule has 118 valence electrons. The monoisotopic (exact) mass is 303 g/mol. The standard InChI is InChI=1S/C15H20F3NO2/c1-9(2)7-13(14(20)21)19-10(3)11-5-4-6-12(8-11)15(16,17)18/h4-6,8-10,13,19H,7H2,1-3H3,(H,20,21). The van der Waals surface area contributed by atoms with Gasteiger partial charge in [-0.05, 0) is 37.0 Å². The Labute approximate surface area is 122 Å². The van der Waals surface area contributed by atoms with Crippen molar-refractivity contribution in [2.75, 3.05) is 0 Å². The molecule has 0 radical (unpaired) electrons. The average molecular weight is 303 g/mol. The Morgan fingerprint density at radius 2 is 1.90 bits per heavy atom. The highest BCUT2D eigenvalue weighted by atomic mass is 19.4. The molecule has 21 heavy (non-hydrogen) atoms. The van der Waals surface area contributed by atoms with Gasteiger partial charge in [0.05, 0.1) is 5.56 Å².